The molecule has 6 nitrogen and oxygen atoms in total. The Labute approximate surface area is 167 Å². The molecule has 3 aliphatic carbocycles. The highest BCUT2D eigenvalue weighted by Crippen LogP contribution is 2.48. The van der Waals surface area contributed by atoms with Gasteiger partial charge in [0.25, 0.3) is 0 Å². The Hall–Kier alpha value is -1.86. The first-order valence-corrected chi connectivity index (χ1v) is 11.0. The molecule has 3 fully saturated rings. The van der Waals surface area contributed by atoms with E-state index >= 15 is 0 Å². The van der Waals surface area contributed by atoms with Crippen molar-refractivity contribution in [2.45, 2.75) is 95.2 Å². The van der Waals surface area contributed by atoms with Crippen molar-refractivity contribution in [3.63, 3.8) is 0 Å². The Morgan fingerprint density at radius 2 is 0.714 bits per heavy atom. The second-order valence-corrected chi connectivity index (χ2v) is 8.94. The molecule has 0 aromatic carbocycles. The summed E-state index contributed by atoms with van der Waals surface area (Å²) in [6.07, 6.45) is 18.0. The third-order valence-electron chi connectivity index (χ3n) is 7.56. The summed E-state index contributed by atoms with van der Waals surface area (Å²) in [7, 11) is 0. The van der Waals surface area contributed by atoms with Gasteiger partial charge < -0.3 is 0 Å². The zero-order chi connectivity index (χ0) is 19.8. The number of isocyanates is 3. The topological polar surface area (TPSA) is 88.3 Å². The summed E-state index contributed by atoms with van der Waals surface area (Å²) in [5, 5.41) is 0. The minimum Gasteiger partial charge on any atom is -0.211 e. The molecule has 0 spiro atoms. The molecule has 3 rings (SSSR count). The lowest BCUT2D eigenvalue weighted by atomic mass is 9.61. The van der Waals surface area contributed by atoms with Crippen LogP contribution in [0.4, 0.5) is 0 Å². The summed E-state index contributed by atoms with van der Waals surface area (Å²) in [6, 6.07) is 0.471. The van der Waals surface area contributed by atoms with Crippen LogP contribution in [0.5, 0.6) is 0 Å². The van der Waals surface area contributed by atoms with Gasteiger partial charge in [0.2, 0.25) is 18.2 Å². The van der Waals surface area contributed by atoms with Gasteiger partial charge in [-0.05, 0) is 101 Å². The molecule has 0 unspecified atom stereocenters. The first-order chi connectivity index (χ1) is 13.7. The van der Waals surface area contributed by atoms with Crippen LogP contribution in [0.15, 0.2) is 15.0 Å². The average Bonchev–Trinajstić information content (AvgIpc) is 2.73. The van der Waals surface area contributed by atoms with Crippen molar-refractivity contribution < 1.29 is 14.4 Å². The maximum atomic E-state index is 10.6. The Balaban J connectivity index is 1.67. The van der Waals surface area contributed by atoms with Crippen LogP contribution in [0, 0.1) is 23.7 Å². The first-order valence-electron chi connectivity index (χ1n) is 11.0. The maximum Gasteiger partial charge on any atom is 0.235 e. The van der Waals surface area contributed by atoms with Gasteiger partial charge in [0, 0.05) is 0 Å². The normalized spacial score (nSPS) is 36.9. The van der Waals surface area contributed by atoms with Crippen LogP contribution in [-0.4, -0.2) is 36.4 Å². The summed E-state index contributed by atoms with van der Waals surface area (Å²) in [5.41, 5.74) is 0. The van der Waals surface area contributed by atoms with Crippen LogP contribution in [0.2, 0.25) is 0 Å². The highest BCUT2D eigenvalue weighted by molar-refractivity contribution is 5.34. The van der Waals surface area contributed by atoms with Crippen molar-refractivity contribution in [3.8, 4) is 0 Å². The Kier molecular flexibility index (Phi) is 7.91. The molecule has 0 heterocycles. The lowest BCUT2D eigenvalue weighted by Crippen LogP contribution is -2.38. The molecule has 0 bridgehead atoms. The number of rotatable bonds is 6. The zero-order valence-electron chi connectivity index (χ0n) is 16.6. The van der Waals surface area contributed by atoms with Crippen molar-refractivity contribution >= 4 is 18.2 Å². The monoisotopic (exact) mass is 385 g/mol. The van der Waals surface area contributed by atoms with Crippen molar-refractivity contribution in [1.82, 2.24) is 0 Å². The fraction of sp³-hybridized carbons (Fsp3) is 0.864. The van der Waals surface area contributed by atoms with Gasteiger partial charge in [-0.2, -0.15) is 0 Å². The minimum atomic E-state index is 0.157. The predicted molar refractivity (Wildman–Crippen MR) is 105 cm³/mol. The van der Waals surface area contributed by atoms with E-state index in [9.17, 15) is 14.4 Å². The second kappa shape index (κ2) is 10.6. The molecule has 3 aliphatic rings. The van der Waals surface area contributed by atoms with Crippen molar-refractivity contribution in [3.05, 3.63) is 0 Å². The second-order valence-electron chi connectivity index (χ2n) is 8.94. The highest BCUT2D eigenvalue weighted by Gasteiger charge is 2.40. The van der Waals surface area contributed by atoms with Crippen molar-refractivity contribution in [2.24, 2.45) is 38.6 Å². The average molecular weight is 386 g/mol. The quantitative estimate of drug-likeness (QED) is 0.505. The van der Waals surface area contributed by atoms with Crippen molar-refractivity contribution in [1.29, 1.82) is 0 Å². The highest BCUT2D eigenvalue weighted by atomic mass is 16.1. The third kappa shape index (κ3) is 5.35. The summed E-state index contributed by atoms with van der Waals surface area (Å²) < 4.78 is 0. The SMILES string of the molecule is O=C=NC1CCC(C(C2CCC(N=C=O)CC2)C2CCC(N=C=O)CC2)CC1. The van der Waals surface area contributed by atoms with E-state index < -0.39 is 0 Å². The molecule has 0 aromatic heterocycles. The summed E-state index contributed by atoms with van der Waals surface area (Å²) in [5.74, 6) is 2.74. The van der Waals surface area contributed by atoms with E-state index in [1.54, 1.807) is 18.2 Å². The van der Waals surface area contributed by atoms with Gasteiger partial charge in [-0.3, -0.25) is 0 Å². The molecule has 0 aliphatic heterocycles. The number of hydrogen-bond donors (Lipinski definition) is 0. The molecule has 0 amide bonds. The summed E-state index contributed by atoms with van der Waals surface area (Å²) >= 11 is 0. The Bertz CT molecular complexity index is 548. The van der Waals surface area contributed by atoms with Gasteiger partial charge in [0.1, 0.15) is 0 Å². The van der Waals surface area contributed by atoms with E-state index in [0.29, 0.717) is 23.7 Å². The van der Waals surface area contributed by atoms with Crippen molar-refractivity contribution in [2.75, 3.05) is 0 Å². The molecule has 28 heavy (non-hydrogen) atoms. The van der Waals surface area contributed by atoms with Crippen LogP contribution < -0.4 is 0 Å². The first kappa shape index (κ1) is 20.9. The van der Waals surface area contributed by atoms with Gasteiger partial charge in [0.15, 0.2) is 0 Å². The smallest absolute Gasteiger partial charge is 0.211 e. The molecule has 152 valence electrons. The van der Waals surface area contributed by atoms with E-state index in [1.165, 1.54) is 0 Å². The van der Waals surface area contributed by atoms with E-state index in [1.807, 2.05) is 0 Å². The number of carbonyl (C=O) groups excluding carboxylic acids is 3. The molecule has 0 saturated heterocycles. The molecular formula is C22H31N3O3. The molecular weight excluding hydrogens is 354 g/mol. The number of hydrogen-bond acceptors (Lipinski definition) is 6. The van der Waals surface area contributed by atoms with Gasteiger partial charge in [-0.15, -0.1) is 0 Å². The molecule has 0 atom stereocenters. The van der Waals surface area contributed by atoms with E-state index in [0.717, 1.165) is 77.0 Å². The molecule has 6 heteroatoms. The fourth-order valence-corrected chi connectivity index (χ4v) is 6.23. The molecule has 3 saturated carbocycles. The number of aliphatic imine (C=N–C) groups is 3. The molecule has 0 aromatic rings. The van der Waals surface area contributed by atoms with Gasteiger partial charge in [-0.1, -0.05) is 0 Å². The predicted octanol–water partition coefficient (Wildman–Crippen LogP) is 4.29. The Morgan fingerprint density at radius 3 is 0.929 bits per heavy atom. The fourth-order valence-electron chi connectivity index (χ4n) is 6.23. The number of nitrogens with zero attached hydrogens (tertiary/aromatic N) is 3. The van der Waals surface area contributed by atoms with Crippen LogP contribution in [0.25, 0.3) is 0 Å². The summed E-state index contributed by atoms with van der Waals surface area (Å²) in [4.78, 5) is 43.6. The lowest BCUT2D eigenvalue weighted by Gasteiger charge is -2.45. The van der Waals surface area contributed by atoms with Gasteiger partial charge in [-0.25, -0.2) is 29.4 Å². The standard InChI is InChI=1S/C22H31N3O3/c26-13-23-19-7-1-16(2-8-19)22(17-3-9-20(10-4-17)24-14-27)18-5-11-21(12-6-18)25-15-28/h16-22H,1-12H2. The van der Waals surface area contributed by atoms with Crippen LogP contribution >= 0.6 is 0 Å². The van der Waals surface area contributed by atoms with E-state index in [2.05, 4.69) is 15.0 Å². The molecule has 0 N–H and O–H groups in total. The maximum absolute atomic E-state index is 10.6. The van der Waals surface area contributed by atoms with E-state index in [-0.39, 0.29) is 18.1 Å². The lowest BCUT2D eigenvalue weighted by molar-refractivity contribution is 0.0594. The van der Waals surface area contributed by atoms with Gasteiger partial charge >= 0.3 is 0 Å². The van der Waals surface area contributed by atoms with E-state index in [4.69, 9.17) is 0 Å². The minimum absolute atomic E-state index is 0.157. The zero-order valence-corrected chi connectivity index (χ0v) is 16.6. The van der Waals surface area contributed by atoms with Crippen LogP contribution in [0.3, 0.4) is 0 Å². The van der Waals surface area contributed by atoms with Crippen LogP contribution in [0.1, 0.15) is 77.0 Å². The summed E-state index contributed by atoms with van der Waals surface area (Å²) in [6.45, 7) is 0. The molecule has 0 radical (unpaired) electrons. The third-order valence-corrected chi connectivity index (χ3v) is 7.56. The van der Waals surface area contributed by atoms with Crippen LogP contribution in [-0.2, 0) is 14.4 Å². The largest absolute Gasteiger partial charge is 0.235 e. The Morgan fingerprint density at radius 1 is 0.464 bits per heavy atom. The van der Waals surface area contributed by atoms with Gasteiger partial charge in [0.05, 0.1) is 18.1 Å².